The van der Waals surface area contributed by atoms with Gasteiger partial charge in [-0.3, -0.25) is 0 Å². The SMILES string of the molecule is COC1CSC2=C(CCCC2)O1. The molecule has 0 spiro atoms. The third kappa shape index (κ3) is 1.62. The lowest BCUT2D eigenvalue weighted by Crippen LogP contribution is -2.23. The summed E-state index contributed by atoms with van der Waals surface area (Å²) >= 11 is 1.91. The summed E-state index contributed by atoms with van der Waals surface area (Å²) in [7, 11) is 1.71. The van der Waals surface area contributed by atoms with Crippen LogP contribution in [0.25, 0.3) is 0 Å². The van der Waals surface area contributed by atoms with Crippen LogP contribution in [0.3, 0.4) is 0 Å². The van der Waals surface area contributed by atoms with Gasteiger partial charge in [0.1, 0.15) is 5.76 Å². The van der Waals surface area contributed by atoms with E-state index in [9.17, 15) is 0 Å². The Hall–Kier alpha value is -0.150. The largest absolute Gasteiger partial charge is 0.468 e. The standard InChI is InChI=1S/C9H14O2S/c1-10-9-6-12-8-5-3-2-4-7(8)11-9/h9H,2-6H2,1H3. The van der Waals surface area contributed by atoms with Crippen LogP contribution in [0.15, 0.2) is 10.7 Å². The van der Waals surface area contributed by atoms with E-state index in [0.29, 0.717) is 0 Å². The van der Waals surface area contributed by atoms with E-state index >= 15 is 0 Å². The average Bonchev–Trinajstić information content (AvgIpc) is 2.17. The first-order valence-electron chi connectivity index (χ1n) is 4.44. The number of thioether (sulfide) groups is 1. The van der Waals surface area contributed by atoms with E-state index in [2.05, 4.69) is 0 Å². The zero-order valence-electron chi connectivity index (χ0n) is 7.34. The van der Waals surface area contributed by atoms with Crippen LogP contribution in [0.2, 0.25) is 0 Å². The molecule has 1 atom stereocenters. The number of hydrogen-bond acceptors (Lipinski definition) is 3. The van der Waals surface area contributed by atoms with Crippen molar-refractivity contribution in [3.05, 3.63) is 10.7 Å². The lowest BCUT2D eigenvalue weighted by Gasteiger charge is -2.29. The van der Waals surface area contributed by atoms with Crippen molar-refractivity contribution in [1.82, 2.24) is 0 Å². The maximum absolute atomic E-state index is 5.68. The molecule has 12 heavy (non-hydrogen) atoms. The predicted octanol–water partition coefficient (Wildman–Crippen LogP) is 2.51. The van der Waals surface area contributed by atoms with E-state index in [-0.39, 0.29) is 6.29 Å². The van der Waals surface area contributed by atoms with E-state index in [1.54, 1.807) is 7.11 Å². The molecule has 0 bridgehead atoms. The summed E-state index contributed by atoms with van der Waals surface area (Å²) in [4.78, 5) is 1.47. The summed E-state index contributed by atoms with van der Waals surface area (Å²) in [5.41, 5.74) is 0. The molecule has 0 radical (unpaired) electrons. The number of methoxy groups -OCH3 is 1. The normalized spacial score (nSPS) is 29.6. The third-order valence-electron chi connectivity index (χ3n) is 2.30. The molecule has 1 aliphatic heterocycles. The minimum Gasteiger partial charge on any atom is -0.468 e. The predicted molar refractivity (Wildman–Crippen MR) is 49.8 cm³/mol. The van der Waals surface area contributed by atoms with Gasteiger partial charge in [0.05, 0.1) is 5.75 Å². The quantitative estimate of drug-likeness (QED) is 0.627. The van der Waals surface area contributed by atoms with Gasteiger partial charge in [0.2, 0.25) is 6.29 Å². The second-order valence-electron chi connectivity index (χ2n) is 3.15. The molecule has 2 aliphatic rings. The fourth-order valence-electron chi connectivity index (χ4n) is 1.60. The van der Waals surface area contributed by atoms with Crippen molar-refractivity contribution < 1.29 is 9.47 Å². The van der Waals surface area contributed by atoms with E-state index in [1.807, 2.05) is 11.8 Å². The summed E-state index contributed by atoms with van der Waals surface area (Å²) in [5, 5.41) is 0. The molecule has 0 fully saturated rings. The van der Waals surface area contributed by atoms with Crippen molar-refractivity contribution in [1.29, 1.82) is 0 Å². The van der Waals surface area contributed by atoms with Crippen molar-refractivity contribution in [2.75, 3.05) is 12.9 Å². The van der Waals surface area contributed by atoms with Gasteiger partial charge in [-0.15, -0.1) is 11.8 Å². The fraction of sp³-hybridized carbons (Fsp3) is 0.778. The lowest BCUT2D eigenvalue weighted by atomic mass is 10.1. The van der Waals surface area contributed by atoms with Crippen molar-refractivity contribution in [3.63, 3.8) is 0 Å². The minimum absolute atomic E-state index is 0.00755. The van der Waals surface area contributed by atoms with Crippen molar-refractivity contribution in [2.45, 2.75) is 32.0 Å². The molecule has 0 aromatic heterocycles. The maximum atomic E-state index is 5.68. The Balaban J connectivity index is 2.05. The first-order chi connectivity index (χ1) is 5.90. The Labute approximate surface area is 77.3 Å². The first-order valence-corrected chi connectivity index (χ1v) is 5.43. The third-order valence-corrected chi connectivity index (χ3v) is 3.52. The summed E-state index contributed by atoms with van der Waals surface area (Å²) in [6.07, 6.45) is 4.92. The van der Waals surface area contributed by atoms with Gasteiger partial charge in [0.25, 0.3) is 0 Å². The summed E-state index contributed by atoms with van der Waals surface area (Å²) < 4.78 is 10.8. The average molecular weight is 186 g/mol. The van der Waals surface area contributed by atoms with Gasteiger partial charge in [-0.25, -0.2) is 0 Å². The van der Waals surface area contributed by atoms with E-state index in [4.69, 9.17) is 9.47 Å². The molecule has 2 rings (SSSR count). The molecule has 3 heteroatoms. The van der Waals surface area contributed by atoms with Crippen LogP contribution >= 0.6 is 11.8 Å². The first kappa shape index (κ1) is 8.45. The van der Waals surface area contributed by atoms with Crippen LogP contribution in [0.4, 0.5) is 0 Å². The molecule has 1 unspecified atom stereocenters. The highest BCUT2D eigenvalue weighted by Crippen LogP contribution is 2.38. The topological polar surface area (TPSA) is 18.5 Å². The van der Waals surface area contributed by atoms with Gasteiger partial charge in [-0.05, 0) is 19.3 Å². The van der Waals surface area contributed by atoms with Gasteiger partial charge in [-0.1, -0.05) is 0 Å². The molecule has 1 aliphatic carbocycles. The van der Waals surface area contributed by atoms with Gasteiger partial charge in [-0.2, -0.15) is 0 Å². The Morgan fingerprint density at radius 3 is 3.08 bits per heavy atom. The highest BCUT2D eigenvalue weighted by atomic mass is 32.2. The number of rotatable bonds is 1. The van der Waals surface area contributed by atoms with E-state index in [1.165, 1.54) is 29.9 Å². The Bertz CT molecular complexity index is 201. The second kappa shape index (κ2) is 3.71. The molecule has 0 saturated carbocycles. The lowest BCUT2D eigenvalue weighted by molar-refractivity contribution is -0.0822. The molecule has 68 valence electrons. The zero-order chi connectivity index (χ0) is 8.39. The van der Waals surface area contributed by atoms with Gasteiger partial charge >= 0.3 is 0 Å². The van der Waals surface area contributed by atoms with Crippen LogP contribution in [-0.2, 0) is 9.47 Å². The smallest absolute Gasteiger partial charge is 0.208 e. The molecule has 0 amide bonds. The van der Waals surface area contributed by atoms with Crippen LogP contribution in [-0.4, -0.2) is 19.2 Å². The Kier molecular flexibility index (Phi) is 2.61. The summed E-state index contributed by atoms with van der Waals surface area (Å²) in [6, 6.07) is 0. The van der Waals surface area contributed by atoms with Crippen LogP contribution in [0.5, 0.6) is 0 Å². The molecule has 1 heterocycles. The van der Waals surface area contributed by atoms with Crippen LogP contribution in [0.1, 0.15) is 25.7 Å². The van der Waals surface area contributed by atoms with E-state index in [0.717, 1.165) is 12.2 Å². The zero-order valence-corrected chi connectivity index (χ0v) is 8.15. The van der Waals surface area contributed by atoms with Crippen molar-refractivity contribution in [3.8, 4) is 0 Å². The molecular formula is C9H14O2S. The monoisotopic (exact) mass is 186 g/mol. The van der Waals surface area contributed by atoms with Gasteiger partial charge in [0, 0.05) is 18.4 Å². The number of hydrogen-bond donors (Lipinski definition) is 0. The van der Waals surface area contributed by atoms with Gasteiger partial charge < -0.3 is 9.47 Å². The molecule has 0 aromatic carbocycles. The second-order valence-corrected chi connectivity index (χ2v) is 4.26. The summed E-state index contributed by atoms with van der Waals surface area (Å²) in [6.45, 7) is 0. The molecule has 0 saturated heterocycles. The summed E-state index contributed by atoms with van der Waals surface area (Å²) in [5.74, 6) is 2.15. The van der Waals surface area contributed by atoms with Gasteiger partial charge in [0.15, 0.2) is 0 Å². The molecular weight excluding hydrogens is 172 g/mol. The highest BCUT2D eigenvalue weighted by molar-refractivity contribution is 8.03. The van der Waals surface area contributed by atoms with Crippen molar-refractivity contribution >= 4 is 11.8 Å². The number of allylic oxidation sites excluding steroid dienone is 2. The molecule has 0 aromatic rings. The molecule has 2 nitrogen and oxygen atoms in total. The minimum atomic E-state index is -0.00755. The van der Waals surface area contributed by atoms with E-state index < -0.39 is 0 Å². The Morgan fingerprint density at radius 2 is 2.25 bits per heavy atom. The highest BCUT2D eigenvalue weighted by Gasteiger charge is 2.24. The fourth-order valence-corrected chi connectivity index (χ4v) is 2.75. The van der Waals surface area contributed by atoms with Crippen LogP contribution in [0, 0.1) is 0 Å². The Morgan fingerprint density at radius 1 is 1.42 bits per heavy atom. The van der Waals surface area contributed by atoms with Crippen molar-refractivity contribution in [2.24, 2.45) is 0 Å². The number of ether oxygens (including phenoxy) is 2. The molecule has 0 N–H and O–H groups in total. The maximum Gasteiger partial charge on any atom is 0.208 e. The van der Waals surface area contributed by atoms with Crippen LogP contribution < -0.4 is 0 Å².